The minimum Gasteiger partial charge on any atom is -0.396 e. The van der Waals surface area contributed by atoms with Gasteiger partial charge in [-0.3, -0.25) is 0 Å². The molecular formula is C8H14N2O. The van der Waals surface area contributed by atoms with Crippen LogP contribution in [0, 0.1) is 0 Å². The second-order valence-electron chi connectivity index (χ2n) is 2.86. The zero-order chi connectivity index (χ0) is 8.32. The molecule has 0 amide bonds. The van der Waals surface area contributed by atoms with E-state index in [1.54, 1.807) is 0 Å². The molecule has 0 aromatic heterocycles. The van der Waals surface area contributed by atoms with Crippen LogP contribution >= 0.6 is 0 Å². The van der Waals surface area contributed by atoms with Crippen LogP contribution in [-0.4, -0.2) is 23.3 Å². The lowest BCUT2D eigenvalue weighted by atomic mass is 9.85. The molecule has 0 bridgehead atoms. The largest absolute Gasteiger partial charge is 0.396 e. The van der Waals surface area contributed by atoms with Gasteiger partial charge in [0.05, 0.1) is 5.54 Å². The zero-order valence-corrected chi connectivity index (χ0v) is 6.40. The highest BCUT2D eigenvalue weighted by molar-refractivity contribution is 5.25. The number of aliphatic hydroxyl groups excluding tert-OH is 1. The fourth-order valence-corrected chi connectivity index (χ4v) is 1.15. The quantitative estimate of drug-likeness (QED) is 0.503. The third-order valence-electron chi connectivity index (χ3n) is 2.00. The first-order valence-corrected chi connectivity index (χ1v) is 3.70. The van der Waals surface area contributed by atoms with E-state index < -0.39 is 5.54 Å². The number of nitrogens with two attached hydrogens (primary N) is 2. The van der Waals surface area contributed by atoms with Crippen LogP contribution in [0.1, 0.15) is 6.42 Å². The summed E-state index contributed by atoms with van der Waals surface area (Å²) in [6, 6.07) is -0.181. The Morgan fingerprint density at radius 3 is 2.73 bits per heavy atom. The average Bonchev–Trinajstić information content (AvgIpc) is 1.96. The molecule has 0 aliphatic heterocycles. The van der Waals surface area contributed by atoms with Crippen molar-refractivity contribution in [3.8, 4) is 0 Å². The van der Waals surface area contributed by atoms with Gasteiger partial charge in [0.25, 0.3) is 0 Å². The molecule has 0 aromatic carbocycles. The Bertz CT molecular complexity index is 189. The Balaban J connectivity index is 2.68. The predicted molar refractivity (Wildman–Crippen MR) is 44.9 cm³/mol. The van der Waals surface area contributed by atoms with E-state index in [4.69, 9.17) is 16.6 Å². The number of rotatable bonds is 2. The molecule has 1 aliphatic carbocycles. The summed E-state index contributed by atoms with van der Waals surface area (Å²) in [5, 5.41) is 8.71. The van der Waals surface area contributed by atoms with E-state index in [0.29, 0.717) is 6.42 Å². The Morgan fingerprint density at radius 2 is 2.18 bits per heavy atom. The van der Waals surface area contributed by atoms with Crippen molar-refractivity contribution in [3.63, 3.8) is 0 Å². The number of hydrogen-bond acceptors (Lipinski definition) is 3. The van der Waals surface area contributed by atoms with Crippen molar-refractivity contribution in [2.24, 2.45) is 11.5 Å². The smallest absolute Gasteiger partial charge is 0.0554 e. The monoisotopic (exact) mass is 154 g/mol. The minimum absolute atomic E-state index is 0.0718. The lowest BCUT2D eigenvalue weighted by Gasteiger charge is -2.31. The molecule has 62 valence electrons. The van der Waals surface area contributed by atoms with Crippen molar-refractivity contribution < 1.29 is 5.11 Å². The summed E-state index contributed by atoms with van der Waals surface area (Å²) in [7, 11) is 0. The average molecular weight is 154 g/mol. The second kappa shape index (κ2) is 3.17. The fourth-order valence-electron chi connectivity index (χ4n) is 1.15. The molecular weight excluding hydrogens is 140 g/mol. The van der Waals surface area contributed by atoms with Crippen molar-refractivity contribution in [2.45, 2.75) is 18.0 Å². The van der Waals surface area contributed by atoms with Crippen molar-refractivity contribution in [1.29, 1.82) is 0 Å². The van der Waals surface area contributed by atoms with Crippen LogP contribution < -0.4 is 11.5 Å². The van der Waals surface area contributed by atoms with Crippen LogP contribution in [0.25, 0.3) is 0 Å². The van der Waals surface area contributed by atoms with Gasteiger partial charge in [-0.15, -0.1) is 0 Å². The fraction of sp³-hybridized carbons (Fsp3) is 0.500. The highest BCUT2D eigenvalue weighted by atomic mass is 16.3. The van der Waals surface area contributed by atoms with Crippen molar-refractivity contribution >= 4 is 0 Å². The molecule has 3 heteroatoms. The molecule has 0 saturated heterocycles. The van der Waals surface area contributed by atoms with Crippen LogP contribution in [0.2, 0.25) is 0 Å². The standard InChI is InChI=1S/C8H14N2O/c9-7-3-1-2-4-8(7,10)5-6-11/h1-4,7,11H,5-6,9-10H2. The van der Waals surface area contributed by atoms with E-state index in [2.05, 4.69) is 0 Å². The Kier molecular flexibility index (Phi) is 2.44. The van der Waals surface area contributed by atoms with Gasteiger partial charge in [-0.1, -0.05) is 24.3 Å². The summed E-state index contributed by atoms with van der Waals surface area (Å²) in [4.78, 5) is 0. The molecule has 0 fully saturated rings. The Morgan fingerprint density at radius 1 is 1.45 bits per heavy atom. The lowest BCUT2D eigenvalue weighted by molar-refractivity contribution is 0.249. The second-order valence-corrected chi connectivity index (χ2v) is 2.86. The first-order chi connectivity index (χ1) is 5.19. The van der Waals surface area contributed by atoms with Crippen LogP contribution in [-0.2, 0) is 0 Å². The molecule has 2 atom stereocenters. The van der Waals surface area contributed by atoms with Crippen LogP contribution in [0.4, 0.5) is 0 Å². The van der Waals surface area contributed by atoms with E-state index >= 15 is 0 Å². The van der Waals surface area contributed by atoms with Crippen molar-refractivity contribution in [1.82, 2.24) is 0 Å². The van der Waals surface area contributed by atoms with Crippen LogP contribution in [0.3, 0.4) is 0 Å². The highest BCUT2D eigenvalue weighted by Gasteiger charge is 2.28. The molecule has 0 saturated carbocycles. The van der Waals surface area contributed by atoms with E-state index in [9.17, 15) is 0 Å². The van der Waals surface area contributed by atoms with Gasteiger partial charge in [0.2, 0.25) is 0 Å². The SMILES string of the molecule is NC1C=CC=CC1(N)CCO. The van der Waals surface area contributed by atoms with Gasteiger partial charge in [0.15, 0.2) is 0 Å². The van der Waals surface area contributed by atoms with Crippen LogP contribution in [0.5, 0.6) is 0 Å². The summed E-state index contributed by atoms with van der Waals surface area (Å²) < 4.78 is 0. The molecule has 1 rings (SSSR count). The topological polar surface area (TPSA) is 72.3 Å². The van der Waals surface area contributed by atoms with Gasteiger partial charge in [0, 0.05) is 12.6 Å². The van der Waals surface area contributed by atoms with Gasteiger partial charge < -0.3 is 16.6 Å². The van der Waals surface area contributed by atoms with Gasteiger partial charge in [-0.05, 0) is 6.42 Å². The molecule has 0 heterocycles. The maximum atomic E-state index is 8.71. The zero-order valence-electron chi connectivity index (χ0n) is 6.40. The molecule has 11 heavy (non-hydrogen) atoms. The van der Waals surface area contributed by atoms with Crippen molar-refractivity contribution in [3.05, 3.63) is 24.3 Å². The van der Waals surface area contributed by atoms with E-state index in [-0.39, 0.29) is 12.6 Å². The normalized spacial score (nSPS) is 36.1. The van der Waals surface area contributed by atoms with Gasteiger partial charge >= 0.3 is 0 Å². The number of aliphatic hydroxyl groups is 1. The van der Waals surface area contributed by atoms with E-state index in [1.807, 2.05) is 24.3 Å². The Labute approximate surface area is 66.4 Å². The number of hydrogen-bond donors (Lipinski definition) is 3. The highest BCUT2D eigenvalue weighted by Crippen LogP contribution is 2.16. The minimum atomic E-state index is -0.552. The van der Waals surface area contributed by atoms with Crippen molar-refractivity contribution in [2.75, 3.05) is 6.61 Å². The summed E-state index contributed by atoms with van der Waals surface area (Å²) in [6.45, 7) is 0.0718. The molecule has 0 aromatic rings. The van der Waals surface area contributed by atoms with Crippen LogP contribution in [0.15, 0.2) is 24.3 Å². The van der Waals surface area contributed by atoms with E-state index in [1.165, 1.54) is 0 Å². The molecule has 1 aliphatic rings. The Hall–Kier alpha value is -0.640. The maximum absolute atomic E-state index is 8.71. The van der Waals surface area contributed by atoms with E-state index in [0.717, 1.165) is 0 Å². The summed E-state index contributed by atoms with van der Waals surface area (Å²) in [5.74, 6) is 0. The molecule has 0 radical (unpaired) electrons. The maximum Gasteiger partial charge on any atom is 0.0554 e. The number of allylic oxidation sites excluding steroid dienone is 2. The third-order valence-corrected chi connectivity index (χ3v) is 2.00. The summed E-state index contributed by atoms with van der Waals surface area (Å²) in [5.41, 5.74) is 11.1. The molecule has 0 spiro atoms. The van der Waals surface area contributed by atoms with Gasteiger partial charge in [0.1, 0.15) is 0 Å². The molecule has 5 N–H and O–H groups in total. The summed E-state index contributed by atoms with van der Waals surface area (Å²) >= 11 is 0. The molecule has 2 unspecified atom stereocenters. The first kappa shape index (κ1) is 8.46. The lowest BCUT2D eigenvalue weighted by Crippen LogP contribution is -2.54. The first-order valence-electron chi connectivity index (χ1n) is 3.70. The third kappa shape index (κ3) is 1.68. The molecule has 3 nitrogen and oxygen atoms in total. The predicted octanol–water partition coefficient (Wildman–Crippen LogP) is -0.480. The van der Waals surface area contributed by atoms with Gasteiger partial charge in [-0.2, -0.15) is 0 Å². The van der Waals surface area contributed by atoms with Gasteiger partial charge in [-0.25, -0.2) is 0 Å². The summed E-state index contributed by atoms with van der Waals surface area (Å²) in [6.07, 6.45) is 7.92.